The zero-order chi connectivity index (χ0) is 21.8. The zero-order valence-electron chi connectivity index (χ0n) is 18.1. The second kappa shape index (κ2) is 6.97. The molecule has 8 heteroatoms. The SMILES string of the molecule is COC(=O)c1cc(-c2c(C)noc2C)cc2c1[nH+]c(C1CC1)n2C(=O)OC(C)(C)C. The van der Waals surface area contributed by atoms with Crippen molar-refractivity contribution in [2.75, 3.05) is 7.11 Å². The molecule has 0 saturated heterocycles. The summed E-state index contributed by atoms with van der Waals surface area (Å²) in [6.07, 6.45) is 1.46. The first-order valence-corrected chi connectivity index (χ1v) is 9.97. The summed E-state index contributed by atoms with van der Waals surface area (Å²) in [6, 6.07) is 3.61. The van der Waals surface area contributed by atoms with Gasteiger partial charge in [-0.1, -0.05) is 5.16 Å². The predicted octanol–water partition coefficient (Wildman–Crippen LogP) is 4.17. The molecule has 1 aromatic carbocycles. The molecule has 1 fully saturated rings. The molecule has 0 unspecified atom stereocenters. The maximum atomic E-state index is 13.1. The number of fused-ring (bicyclic) bond motifs is 1. The summed E-state index contributed by atoms with van der Waals surface area (Å²) in [6.45, 7) is 9.12. The van der Waals surface area contributed by atoms with E-state index in [1.54, 1.807) is 10.6 Å². The Morgan fingerprint density at radius 3 is 2.47 bits per heavy atom. The molecule has 3 aromatic rings. The van der Waals surface area contributed by atoms with Gasteiger partial charge in [0, 0.05) is 5.56 Å². The zero-order valence-corrected chi connectivity index (χ0v) is 18.1. The number of methoxy groups -OCH3 is 1. The molecule has 0 bridgehead atoms. The van der Waals surface area contributed by atoms with E-state index in [4.69, 9.17) is 14.0 Å². The fourth-order valence-corrected chi connectivity index (χ4v) is 3.70. The Hall–Kier alpha value is -3.16. The summed E-state index contributed by atoms with van der Waals surface area (Å²) >= 11 is 0. The molecule has 2 aromatic heterocycles. The lowest BCUT2D eigenvalue weighted by atomic mass is 10.0. The van der Waals surface area contributed by atoms with Crippen LogP contribution in [0.3, 0.4) is 0 Å². The first kappa shape index (κ1) is 20.1. The van der Waals surface area contributed by atoms with Crippen molar-refractivity contribution in [1.29, 1.82) is 0 Å². The number of carbonyl (C=O) groups excluding carboxylic acids is 2. The van der Waals surface area contributed by atoms with Crippen LogP contribution in [0.25, 0.3) is 22.2 Å². The van der Waals surface area contributed by atoms with Gasteiger partial charge < -0.3 is 14.0 Å². The number of rotatable bonds is 3. The first-order chi connectivity index (χ1) is 14.1. The van der Waals surface area contributed by atoms with Gasteiger partial charge in [0.05, 0.1) is 18.7 Å². The monoisotopic (exact) mass is 412 g/mol. The molecule has 0 atom stereocenters. The number of benzene rings is 1. The van der Waals surface area contributed by atoms with E-state index in [0.717, 1.165) is 29.8 Å². The predicted molar refractivity (Wildman–Crippen MR) is 108 cm³/mol. The van der Waals surface area contributed by atoms with E-state index in [1.807, 2.05) is 40.7 Å². The smallest absolute Gasteiger partial charge is 0.465 e. The molecule has 158 valence electrons. The molecule has 2 heterocycles. The third kappa shape index (κ3) is 3.46. The number of nitrogens with zero attached hydrogens (tertiary/aromatic N) is 2. The molecule has 4 rings (SSSR count). The number of aromatic amines is 1. The van der Waals surface area contributed by atoms with Crippen LogP contribution in [0.1, 0.15) is 67.2 Å². The number of esters is 1. The summed E-state index contributed by atoms with van der Waals surface area (Å²) in [5.74, 6) is 1.09. The molecule has 0 radical (unpaired) electrons. The Morgan fingerprint density at radius 2 is 1.93 bits per heavy atom. The van der Waals surface area contributed by atoms with Gasteiger partial charge in [-0.2, -0.15) is 4.79 Å². The molecular weight excluding hydrogens is 386 g/mol. The van der Waals surface area contributed by atoms with Crippen molar-refractivity contribution in [3.8, 4) is 11.1 Å². The number of aryl methyl sites for hydroxylation is 2. The molecule has 30 heavy (non-hydrogen) atoms. The molecule has 8 nitrogen and oxygen atoms in total. The number of aromatic nitrogens is 3. The lowest BCUT2D eigenvalue weighted by Gasteiger charge is -2.17. The van der Waals surface area contributed by atoms with E-state index in [-0.39, 0.29) is 5.92 Å². The second-order valence-corrected chi connectivity index (χ2v) is 8.71. The number of H-pyrrole nitrogens is 1. The van der Waals surface area contributed by atoms with E-state index in [9.17, 15) is 9.59 Å². The Morgan fingerprint density at radius 1 is 1.23 bits per heavy atom. The minimum Gasteiger partial charge on any atom is -0.465 e. The van der Waals surface area contributed by atoms with Crippen molar-refractivity contribution in [1.82, 2.24) is 9.72 Å². The molecule has 1 aliphatic carbocycles. The highest BCUT2D eigenvalue weighted by molar-refractivity contribution is 6.04. The third-order valence-corrected chi connectivity index (χ3v) is 5.12. The van der Waals surface area contributed by atoms with Crippen LogP contribution in [-0.2, 0) is 9.47 Å². The average Bonchev–Trinajstić information content (AvgIpc) is 3.35. The van der Waals surface area contributed by atoms with E-state index < -0.39 is 17.7 Å². The number of imidazole rings is 1. The Bertz CT molecular complexity index is 1140. The van der Waals surface area contributed by atoms with Gasteiger partial charge in [-0.25, -0.2) is 9.78 Å². The molecule has 0 aliphatic heterocycles. The number of nitrogens with one attached hydrogen (secondary N) is 1. The van der Waals surface area contributed by atoms with Crippen molar-refractivity contribution in [3.63, 3.8) is 0 Å². The summed E-state index contributed by atoms with van der Waals surface area (Å²) < 4.78 is 17.6. The third-order valence-electron chi connectivity index (χ3n) is 5.12. The van der Waals surface area contributed by atoms with Crippen molar-refractivity contribution in [3.05, 3.63) is 35.0 Å². The van der Waals surface area contributed by atoms with Gasteiger partial charge in [0.1, 0.15) is 16.9 Å². The summed E-state index contributed by atoms with van der Waals surface area (Å²) in [5, 5.41) is 4.02. The summed E-state index contributed by atoms with van der Waals surface area (Å²) in [4.78, 5) is 29.1. The molecule has 1 saturated carbocycles. The van der Waals surface area contributed by atoms with E-state index in [1.165, 1.54) is 7.11 Å². The van der Waals surface area contributed by atoms with Gasteiger partial charge in [-0.3, -0.25) is 0 Å². The molecule has 0 spiro atoms. The molecular formula is C22H26N3O5+. The molecule has 1 N–H and O–H groups in total. The van der Waals surface area contributed by atoms with Crippen LogP contribution < -0.4 is 4.98 Å². The van der Waals surface area contributed by atoms with Gasteiger partial charge in [0.15, 0.2) is 11.0 Å². The van der Waals surface area contributed by atoms with Gasteiger partial charge in [-0.05, 0) is 65.2 Å². The minimum absolute atomic E-state index is 0.220. The number of hydrogen-bond donors (Lipinski definition) is 0. The fraction of sp³-hybridized carbons (Fsp3) is 0.455. The highest BCUT2D eigenvalue weighted by Gasteiger charge is 2.40. The Balaban J connectivity index is 2.02. The second-order valence-electron chi connectivity index (χ2n) is 8.71. The number of hydrogen-bond acceptors (Lipinski definition) is 6. The van der Waals surface area contributed by atoms with Crippen molar-refractivity contribution in [2.24, 2.45) is 0 Å². The van der Waals surface area contributed by atoms with Crippen molar-refractivity contribution < 1.29 is 28.6 Å². The standard InChI is InChI=1S/C22H25N3O5/c1-11-17(12(2)30-24-11)14-9-15(20(26)28-6)18-16(10-14)25(19(23-18)13-7-8-13)21(27)29-22(3,4)5/h9-10,13H,7-8H2,1-6H3/p+1. The summed E-state index contributed by atoms with van der Waals surface area (Å²) in [7, 11) is 1.34. The van der Waals surface area contributed by atoms with Crippen molar-refractivity contribution >= 4 is 23.1 Å². The number of ether oxygens (including phenoxy) is 2. The maximum absolute atomic E-state index is 13.1. The van der Waals surface area contributed by atoms with Gasteiger partial charge in [-0.15, -0.1) is 4.57 Å². The normalized spacial score (nSPS) is 14.2. The van der Waals surface area contributed by atoms with Crippen molar-refractivity contribution in [2.45, 2.75) is 59.0 Å². The van der Waals surface area contributed by atoms with Crippen LogP contribution >= 0.6 is 0 Å². The van der Waals surface area contributed by atoms with Gasteiger partial charge in [0.25, 0.3) is 5.82 Å². The highest BCUT2D eigenvalue weighted by atomic mass is 16.6. The molecule has 0 amide bonds. The quantitative estimate of drug-likeness (QED) is 0.599. The van der Waals surface area contributed by atoms with Crippen LogP contribution in [0.2, 0.25) is 0 Å². The minimum atomic E-state index is -0.654. The first-order valence-electron chi connectivity index (χ1n) is 9.97. The Kier molecular flexibility index (Phi) is 4.67. The van der Waals surface area contributed by atoms with Crippen LogP contribution in [0, 0.1) is 13.8 Å². The largest absolute Gasteiger partial charge is 0.512 e. The fourth-order valence-electron chi connectivity index (χ4n) is 3.70. The van der Waals surface area contributed by atoms with Gasteiger partial charge >= 0.3 is 12.1 Å². The van der Waals surface area contributed by atoms with Crippen LogP contribution in [0.5, 0.6) is 0 Å². The average molecular weight is 412 g/mol. The van der Waals surface area contributed by atoms with E-state index in [0.29, 0.717) is 28.1 Å². The maximum Gasteiger partial charge on any atom is 0.512 e. The lowest BCUT2D eigenvalue weighted by Crippen LogP contribution is -2.29. The van der Waals surface area contributed by atoms with Gasteiger partial charge in [0.2, 0.25) is 0 Å². The van der Waals surface area contributed by atoms with E-state index in [2.05, 4.69) is 10.1 Å². The topological polar surface area (TPSA) is 97.7 Å². The summed E-state index contributed by atoms with van der Waals surface area (Å²) in [5.41, 5.74) is 3.00. The lowest BCUT2D eigenvalue weighted by molar-refractivity contribution is -0.359. The van der Waals surface area contributed by atoms with Crippen LogP contribution in [-0.4, -0.2) is 34.5 Å². The Labute approximate surface area is 174 Å². The number of carbonyl (C=O) groups is 2. The molecule has 1 aliphatic rings. The van der Waals surface area contributed by atoms with Crippen LogP contribution in [0.15, 0.2) is 16.7 Å². The van der Waals surface area contributed by atoms with Crippen LogP contribution in [0.4, 0.5) is 4.79 Å². The highest BCUT2D eigenvalue weighted by Crippen LogP contribution is 2.40. The van der Waals surface area contributed by atoms with E-state index >= 15 is 0 Å².